The number of benzene rings is 1. The Morgan fingerprint density at radius 3 is 2.88 bits per heavy atom. The number of para-hydroxylation sites is 1. The predicted octanol–water partition coefficient (Wildman–Crippen LogP) is 2.04. The van der Waals surface area contributed by atoms with Gasteiger partial charge in [-0.3, -0.25) is 0 Å². The van der Waals surface area contributed by atoms with Crippen molar-refractivity contribution in [3.05, 3.63) is 29.3 Å². The number of β-amino-alcohol motifs (C(OH)–C–C–N with tert-alkyl or cyclic N) is 1. The van der Waals surface area contributed by atoms with Crippen LogP contribution < -0.4 is 10.1 Å². The summed E-state index contributed by atoms with van der Waals surface area (Å²) < 4.78 is 5.59. The summed E-state index contributed by atoms with van der Waals surface area (Å²) in [5.74, 6) is 0.885. The Balaban J connectivity index is 2.10. The Kier molecular flexibility index (Phi) is 3.40. The molecule has 1 aromatic carbocycles. The molecule has 2 N–H and O–H groups in total. The van der Waals surface area contributed by atoms with Gasteiger partial charge in [0, 0.05) is 24.1 Å². The quantitative estimate of drug-likeness (QED) is 0.842. The average Bonchev–Trinajstić information content (AvgIpc) is 2.72. The molecule has 17 heavy (non-hydrogen) atoms. The van der Waals surface area contributed by atoms with Gasteiger partial charge in [-0.05, 0) is 26.3 Å². The first kappa shape index (κ1) is 12.4. The van der Waals surface area contributed by atoms with Crippen molar-refractivity contribution in [2.45, 2.75) is 38.8 Å². The third kappa shape index (κ3) is 2.99. The van der Waals surface area contributed by atoms with Crippen LogP contribution in [0.1, 0.15) is 38.0 Å². The van der Waals surface area contributed by atoms with Gasteiger partial charge in [-0.1, -0.05) is 18.2 Å². The summed E-state index contributed by atoms with van der Waals surface area (Å²) in [6.07, 6.45) is 0.435. The topological polar surface area (TPSA) is 41.5 Å². The molecule has 0 aromatic heterocycles. The summed E-state index contributed by atoms with van der Waals surface area (Å²) in [4.78, 5) is 0. The van der Waals surface area contributed by atoms with E-state index in [0.29, 0.717) is 6.54 Å². The molecule has 0 saturated heterocycles. The van der Waals surface area contributed by atoms with E-state index in [1.807, 2.05) is 12.1 Å². The smallest absolute Gasteiger partial charge is 0.128 e. The first-order valence-corrected chi connectivity index (χ1v) is 6.15. The zero-order valence-corrected chi connectivity index (χ0v) is 10.8. The highest BCUT2D eigenvalue weighted by molar-refractivity contribution is 5.45. The highest BCUT2D eigenvalue weighted by Gasteiger charge is 2.21. The molecule has 0 saturated carbocycles. The zero-order chi connectivity index (χ0) is 12.5. The molecule has 1 aliphatic rings. The Bertz CT molecular complexity index is 396. The van der Waals surface area contributed by atoms with Gasteiger partial charge >= 0.3 is 0 Å². The molecule has 3 heteroatoms. The maximum atomic E-state index is 10.2. The first-order chi connectivity index (χ1) is 7.97. The highest BCUT2D eigenvalue weighted by Crippen LogP contribution is 2.33. The monoisotopic (exact) mass is 235 g/mol. The standard InChI is InChI=1S/C14H21NO2/c1-14(2,3)15-9-12(16)11-6-4-5-10-7-8-17-13(10)11/h4-6,12,15-16H,7-9H2,1-3H3. The maximum absolute atomic E-state index is 10.2. The number of aliphatic hydroxyl groups is 1. The minimum Gasteiger partial charge on any atom is -0.493 e. The van der Waals surface area contributed by atoms with Crippen molar-refractivity contribution >= 4 is 0 Å². The van der Waals surface area contributed by atoms with Gasteiger partial charge in [-0.15, -0.1) is 0 Å². The number of aliphatic hydroxyl groups excluding tert-OH is 1. The molecule has 1 unspecified atom stereocenters. The second kappa shape index (κ2) is 4.67. The highest BCUT2D eigenvalue weighted by atomic mass is 16.5. The van der Waals surface area contributed by atoms with Crippen molar-refractivity contribution in [1.29, 1.82) is 0 Å². The fourth-order valence-corrected chi connectivity index (χ4v) is 2.02. The molecule has 0 aliphatic carbocycles. The fourth-order valence-electron chi connectivity index (χ4n) is 2.02. The van der Waals surface area contributed by atoms with E-state index in [1.54, 1.807) is 0 Å². The van der Waals surface area contributed by atoms with Crippen LogP contribution in [-0.4, -0.2) is 23.8 Å². The molecular formula is C14H21NO2. The molecule has 94 valence electrons. The van der Waals surface area contributed by atoms with Gasteiger partial charge in [0.05, 0.1) is 12.7 Å². The van der Waals surface area contributed by atoms with Crippen LogP contribution in [0.2, 0.25) is 0 Å². The molecule has 0 fully saturated rings. The second-order valence-corrected chi connectivity index (χ2v) is 5.58. The number of hydrogen-bond acceptors (Lipinski definition) is 3. The van der Waals surface area contributed by atoms with Crippen molar-refractivity contribution in [2.75, 3.05) is 13.2 Å². The van der Waals surface area contributed by atoms with Crippen LogP contribution in [0.15, 0.2) is 18.2 Å². The van der Waals surface area contributed by atoms with E-state index >= 15 is 0 Å². The number of hydrogen-bond donors (Lipinski definition) is 2. The van der Waals surface area contributed by atoms with Gasteiger partial charge in [0.2, 0.25) is 0 Å². The van der Waals surface area contributed by atoms with Crippen LogP contribution in [0.5, 0.6) is 5.75 Å². The molecule has 0 spiro atoms. The Hall–Kier alpha value is -1.06. The van der Waals surface area contributed by atoms with Gasteiger partial charge in [-0.2, -0.15) is 0 Å². The fraction of sp³-hybridized carbons (Fsp3) is 0.571. The second-order valence-electron chi connectivity index (χ2n) is 5.58. The molecule has 1 atom stereocenters. The first-order valence-electron chi connectivity index (χ1n) is 6.15. The Morgan fingerprint density at radius 2 is 2.18 bits per heavy atom. The van der Waals surface area contributed by atoms with E-state index < -0.39 is 6.10 Å². The van der Waals surface area contributed by atoms with Crippen LogP contribution in [0.4, 0.5) is 0 Å². The van der Waals surface area contributed by atoms with Crippen molar-refractivity contribution in [3.8, 4) is 5.75 Å². The summed E-state index contributed by atoms with van der Waals surface area (Å²) in [5.41, 5.74) is 2.12. The average molecular weight is 235 g/mol. The summed E-state index contributed by atoms with van der Waals surface area (Å²) in [6, 6.07) is 6.00. The summed E-state index contributed by atoms with van der Waals surface area (Å²) in [7, 11) is 0. The molecule has 1 heterocycles. The molecule has 2 rings (SSSR count). The lowest BCUT2D eigenvalue weighted by atomic mass is 10.0. The van der Waals surface area contributed by atoms with E-state index in [-0.39, 0.29) is 5.54 Å². The van der Waals surface area contributed by atoms with Gasteiger partial charge in [-0.25, -0.2) is 0 Å². The third-order valence-corrected chi connectivity index (χ3v) is 2.93. The van der Waals surface area contributed by atoms with Crippen molar-refractivity contribution in [1.82, 2.24) is 5.32 Å². The lowest BCUT2D eigenvalue weighted by Crippen LogP contribution is -2.38. The molecule has 0 bridgehead atoms. The predicted molar refractivity (Wildman–Crippen MR) is 68.4 cm³/mol. The molecule has 1 aromatic rings. The van der Waals surface area contributed by atoms with E-state index in [1.165, 1.54) is 5.56 Å². The largest absolute Gasteiger partial charge is 0.493 e. The lowest BCUT2D eigenvalue weighted by Gasteiger charge is -2.23. The summed E-state index contributed by atoms with van der Waals surface area (Å²) in [6.45, 7) is 7.54. The van der Waals surface area contributed by atoms with E-state index in [2.05, 4.69) is 32.2 Å². The normalized spacial score (nSPS) is 16.5. The van der Waals surface area contributed by atoms with Crippen LogP contribution in [0.3, 0.4) is 0 Å². The van der Waals surface area contributed by atoms with Gasteiger partial charge < -0.3 is 15.2 Å². The van der Waals surface area contributed by atoms with Crippen molar-refractivity contribution in [2.24, 2.45) is 0 Å². The minimum absolute atomic E-state index is 0.0137. The van der Waals surface area contributed by atoms with Gasteiger partial charge in [0.15, 0.2) is 0 Å². The maximum Gasteiger partial charge on any atom is 0.128 e. The SMILES string of the molecule is CC(C)(C)NCC(O)c1cccc2c1OCC2. The van der Waals surface area contributed by atoms with E-state index in [9.17, 15) is 5.11 Å². The van der Waals surface area contributed by atoms with Crippen molar-refractivity contribution in [3.63, 3.8) is 0 Å². The van der Waals surface area contributed by atoms with E-state index in [0.717, 1.165) is 24.3 Å². The van der Waals surface area contributed by atoms with Gasteiger partial charge in [0.25, 0.3) is 0 Å². The third-order valence-electron chi connectivity index (χ3n) is 2.93. The Morgan fingerprint density at radius 1 is 1.41 bits per heavy atom. The lowest BCUT2D eigenvalue weighted by molar-refractivity contribution is 0.159. The molecule has 0 amide bonds. The summed E-state index contributed by atoms with van der Waals surface area (Å²) >= 11 is 0. The molecule has 1 aliphatic heterocycles. The zero-order valence-electron chi connectivity index (χ0n) is 10.8. The number of fused-ring (bicyclic) bond motifs is 1. The number of ether oxygens (including phenoxy) is 1. The van der Waals surface area contributed by atoms with Crippen molar-refractivity contribution < 1.29 is 9.84 Å². The summed E-state index contributed by atoms with van der Waals surface area (Å²) in [5, 5.41) is 13.5. The van der Waals surface area contributed by atoms with Crippen LogP contribution in [-0.2, 0) is 6.42 Å². The molecule has 0 radical (unpaired) electrons. The minimum atomic E-state index is -0.512. The van der Waals surface area contributed by atoms with Crippen LogP contribution in [0.25, 0.3) is 0 Å². The van der Waals surface area contributed by atoms with Crippen LogP contribution >= 0.6 is 0 Å². The van der Waals surface area contributed by atoms with Gasteiger partial charge in [0.1, 0.15) is 5.75 Å². The number of nitrogens with one attached hydrogen (secondary N) is 1. The number of rotatable bonds is 3. The Labute approximate surface area is 103 Å². The molecule has 3 nitrogen and oxygen atoms in total. The molecular weight excluding hydrogens is 214 g/mol. The van der Waals surface area contributed by atoms with Crippen LogP contribution in [0, 0.1) is 0 Å². The van der Waals surface area contributed by atoms with E-state index in [4.69, 9.17) is 4.74 Å².